The Hall–Kier alpha value is -3.31. The maximum atomic E-state index is 13.6. The first-order valence-corrected chi connectivity index (χ1v) is 10.9. The third-order valence-corrected chi connectivity index (χ3v) is 6.20. The van der Waals surface area contributed by atoms with Crippen LogP contribution >= 0.6 is 11.3 Å². The van der Waals surface area contributed by atoms with Crippen LogP contribution in [0.25, 0.3) is 20.5 Å². The average Bonchev–Trinajstić information content (AvgIpc) is 3.21. The van der Waals surface area contributed by atoms with Gasteiger partial charge in [-0.2, -0.15) is 7.11 Å². The molecule has 0 saturated carbocycles. The van der Waals surface area contributed by atoms with Crippen LogP contribution in [0.3, 0.4) is 0 Å². The van der Waals surface area contributed by atoms with Crippen LogP contribution in [0.5, 0.6) is 17.2 Å². The zero-order valence-corrected chi connectivity index (χ0v) is 18.3. The Kier molecular flexibility index (Phi) is 6.23. The number of carbonyl (C=O) groups excluding carboxylic acids is 1. The Balaban J connectivity index is 1.81. The Morgan fingerprint density at radius 2 is 1.61 bits per heavy atom. The Labute approximate surface area is 186 Å². The summed E-state index contributed by atoms with van der Waals surface area (Å²) in [7, 11) is 5.13. The molecule has 4 rings (SSSR count). The van der Waals surface area contributed by atoms with Crippen LogP contribution in [0, 0.1) is 7.11 Å². The number of fused-ring (bicyclic) bond motifs is 1. The fourth-order valence-corrected chi connectivity index (χ4v) is 4.64. The Morgan fingerprint density at radius 1 is 0.935 bits per heavy atom. The number of hydrogen-bond acceptors (Lipinski definition) is 5. The first-order chi connectivity index (χ1) is 15.1. The second-order valence-electron chi connectivity index (χ2n) is 7.04. The summed E-state index contributed by atoms with van der Waals surface area (Å²) < 4.78 is 17.0. The maximum Gasteiger partial charge on any atom is 0.195 e. The number of methoxy groups -OCH3 is 1. The van der Waals surface area contributed by atoms with E-state index in [9.17, 15) is 4.79 Å². The Bertz CT molecular complexity index is 1190. The van der Waals surface area contributed by atoms with Crippen LogP contribution in [0.2, 0.25) is 0 Å². The molecule has 0 amide bonds. The van der Waals surface area contributed by atoms with Gasteiger partial charge in [0, 0.05) is 26.1 Å². The highest BCUT2D eigenvalue weighted by Crippen LogP contribution is 2.41. The van der Waals surface area contributed by atoms with Crippen LogP contribution in [-0.2, 0) is 0 Å². The largest absolute Gasteiger partial charge is 0.665 e. The minimum absolute atomic E-state index is 0.0256. The number of rotatable bonds is 8. The number of ketones is 1. The summed E-state index contributed by atoms with van der Waals surface area (Å²) in [5.74, 6) is 2.17. The summed E-state index contributed by atoms with van der Waals surface area (Å²) >= 11 is 1.56. The van der Waals surface area contributed by atoms with Crippen LogP contribution in [0.1, 0.15) is 29.3 Å². The van der Waals surface area contributed by atoms with Gasteiger partial charge in [-0.15, -0.1) is 11.3 Å². The lowest BCUT2D eigenvalue weighted by Gasteiger charge is -2.08. The molecular formula is C26H23O4S-. The summed E-state index contributed by atoms with van der Waals surface area (Å²) in [5.41, 5.74) is 2.27. The lowest BCUT2D eigenvalue weighted by atomic mass is 9.97. The molecule has 4 aromatic rings. The maximum absolute atomic E-state index is 13.6. The molecule has 5 heteroatoms. The minimum Gasteiger partial charge on any atom is -0.665 e. The van der Waals surface area contributed by atoms with Crippen molar-refractivity contribution in [2.45, 2.75) is 13.3 Å². The van der Waals surface area contributed by atoms with Gasteiger partial charge in [0.2, 0.25) is 0 Å². The first kappa shape index (κ1) is 20.9. The van der Waals surface area contributed by atoms with Crippen molar-refractivity contribution in [2.75, 3.05) is 13.7 Å². The molecule has 4 nitrogen and oxygen atoms in total. The molecule has 0 N–H and O–H groups in total. The predicted molar refractivity (Wildman–Crippen MR) is 125 cm³/mol. The highest BCUT2D eigenvalue weighted by atomic mass is 32.1. The standard InChI is InChI=1S/C26H23O4S/c1-4-15-30-20-11-5-17(6-12-20)25(27)24-22-14-13-21(29-3)16-23(22)31-26(24)18-7-9-19(28-2)10-8-18/h5-14,16H,3-4,15H2,1-2H3/q-1. The second kappa shape index (κ2) is 9.23. The fraction of sp³-hybridized carbons (Fsp3) is 0.154. The van der Waals surface area contributed by atoms with Gasteiger partial charge in [0.15, 0.2) is 5.78 Å². The van der Waals surface area contributed by atoms with Gasteiger partial charge in [-0.25, -0.2) is 0 Å². The molecule has 0 spiro atoms. The van der Waals surface area contributed by atoms with Gasteiger partial charge in [0.25, 0.3) is 0 Å². The van der Waals surface area contributed by atoms with Gasteiger partial charge in [-0.3, -0.25) is 4.79 Å². The summed E-state index contributed by atoms with van der Waals surface area (Å²) in [6.45, 7) is 2.71. The molecule has 0 saturated heterocycles. The molecule has 0 unspecified atom stereocenters. The first-order valence-electron chi connectivity index (χ1n) is 10.0. The number of hydrogen-bond donors (Lipinski definition) is 0. The van der Waals surface area contributed by atoms with E-state index in [4.69, 9.17) is 14.2 Å². The van der Waals surface area contributed by atoms with E-state index in [1.807, 2.05) is 66.7 Å². The number of carbonyl (C=O) groups is 1. The van der Waals surface area contributed by atoms with Crippen molar-refractivity contribution in [1.29, 1.82) is 0 Å². The molecule has 0 radical (unpaired) electrons. The molecule has 0 bridgehead atoms. The van der Waals surface area contributed by atoms with Gasteiger partial charge < -0.3 is 14.2 Å². The van der Waals surface area contributed by atoms with E-state index >= 15 is 0 Å². The van der Waals surface area contributed by atoms with E-state index in [0.717, 1.165) is 38.4 Å². The molecule has 1 heterocycles. The Morgan fingerprint density at radius 3 is 2.26 bits per heavy atom. The molecule has 3 aromatic carbocycles. The van der Waals surface area contributed by atoms with Gasteiger partial charge in [0.05, 0.1) is 19.5 Å². The van der Waals surface area contributed by atoms with E-state index in [1.54, 1.807) is 18.4 Å². The minimum atomic E-state index is -0.0256. The second-order valence-corrected chi connectivity index (χ2v) is 8.09. The summed E-state index contributed by atoms with van der Waals surface area (Å²) in [5, 5.41) is 0.896. The smallest absolute Gasteiger partial charge is 0.195 e. The summed E-state index contributed by atoms with van der Waals surface area (Å²) in [6, 6.07) is 20.8. The molecule has 0 atom stereocenters. The number of thiophene rings is 1. The quantitative estimate of drug-likeness (QED) is 0.228. The molecule has 1 aromatic heterocycles. The monoisotopic (exact) mass is 431 g/mol. The summed E-state index contributed by atoms with van der Waals surface area (Å²) in [4.78, 5) is 14.5. The third-order valence-electron chi connectivity index (χ3n) is 5.00. The molecule has 158 valence electrons. The van der Waals surface area contributed by atoms with E-state index in [-0.39, 0.29) is 5.78 Å². The zero-order valence-electron chi connectivity index (χ0n) is 17.5. The van der Waals surface area contributed by atoms with E-state index in [1.165, 1.54) is 0 Å². The molecular weight excluding hydrogens is 408 g/mol. The van der Waals surface area contributed by atoms with E-state index in [2.05, 4.69) is 14.0 Å². The van der Waals surface area contributed by atoms with E-state index in [0.29, 0.717) is 23.5 Å². The number of ether oxygens (including phenoxy) is 3. The van der Waals surface area contributed by atoms with Crippen LogP contribution in [0.4, 0.5) is 0 Å². The lowest BCUT2D eigenvalue weighted by Crippen LogP contribution is -2.03. The van der Waals surface area contributed by atoms with Crippen molar-refractivity contribution >= 4 is 27.2 Å². The van der Waals surface area contributed by atoms with Crippen molar-refractivity contribution in [3.63, 3.8) is 0 Å². The topological polar surface area (TPSA) is 44.8 Å². The summed E-state index contributed by atoms with van der Waals surface area (Å²) in [6.07, 6.45) is 0.936. The van der Waals surface area contributed by atoms with Crippen molar-refractivity contribution in [2.24, 2.45) is 0 Å². The van der Waals surface area contributed by atoms with Gasteiger partial charge in [0.1, 0.15) is 11.5 Å². The SMILES string of the molecule is [CH2-]Oc1ccc2c(C(=O)c3ccc(OCCC)cc3)c(-c3ccc(OC)cc3)sc2c1. The normalized spacial score (nSPS) is 10.8. The van der Waals surface area contributed by atoms with Crippen molar-refractivity contribution in [3.8, 4) is 27.7 Å². The van der Waals surface area contributed by atoms with Crippen molar-refractivity contribution in [1.82, 2.24) is 0 Å². The molecule has 0 fully saturated rings. The number of benzene rings is 3. The third kappa shape index (κ3) is 4.28. The molecule has 31 heavy (non-hydrogen) atoms. The highest BCUT2D eigenvalue weighted by molar-refractivity contribution is 7.22. The van der Waals surface area contributed by atoms with Gasteiger partial charge >= 0.3 is 0 Å². The average molecular weight is 432 g/mol. The van der Waals surface area contributed by atoms with Crippen LogP contribution in [-0.4, -0.2) is 19.5 Å². The van der Waals surface area contributed by atoms with Crippen LogP contribution < -0.4 is 14.2 Å². The van der Waals surface area contributed by atoms with Crippen molar-refractivity contribution < 1.29 is 19.0 Å². The molecule has 0 aliphatic heterocycles. The molecule has 0 aliphatic carbocycles. The lowest BCUT2D eigenvalue weighted by molar-refractivity contribution is 0.104. The van der Waals surface area contributed by atoms with Gasteiger partial charge in [-0.1, -0.05) is 6.92 Å². The van der Waals surface area contributed by atoms with Crippen molar-refractivity contribution in [3.05, 3.63) is 85.0 Å². The molecule has 0 aliphatic rings. The van der Waals surface area contributed by atoms with E-state index < -0.39 is 0 Å². The van der Waals surface area contributed by atoms with Gasteiger partial charge in [-0.05, 0) is 78.7 Å². The fourth-order valence-electron chi connectivity index (χ4n) is 3.40. The predicted octanol–water partition coefficient (Wildman–Crippen LogP) is 6.77. The highest BCUT2D eigenvalue weighted by Gasteiger charge is 2.22. The zero-order chi connectivity index (χ0) is 21.8. The van der Waals surface area contributed by atoms with Crippen LogP contribution in [0.15, 0.2) is 66.7 Å².